The molecular weight excluding hydrogens is 341 g/mol. The molecule has 1 aliphatic rings. The number of benzene rings is 1. The van der Waals surface area contributed by atoms with Crippen LogP contribution in [-0.2, 0) is 9.53 Å². The minimum Gasteiger partial charge on any atom is -0.488 e. The van der Waals surface area contributed by atoms with E-state index in [2.05, 4.69) is 0 Å². The van der Waals surface area contributed by atoms with Crippen molar-refractivity contribution < 1.29 is 28.6 Å². The Morgan fingerprint density at radius 2 is 2.04 bits per heavy atom. The molecule has 1 heterocycles. The van der Waals surface area contributed by atoms with Crippen LogP contribution in [0.15, 0.2) is 18.2 Å². The number of likely N-dealkylation sites (tertiary alicyclic amines) is 1. The monoisotopic (exact) mass is 359 g/mol. The average Bonchev–Trinajstić information content (AvgIpc) is 2.85. The molecule has 0 aliphatic carbocycles. The lowest BCUT2D eigenvalue weighted by Gasteiger charge is -2.26. The molecule has 1 aromatic rings. The second-order valence-corrected chi connectivity index (χ2v) is 6.95. The first-order valence-electron chi connectivity index (χ1n) is 7.41. The Labute approximate surface area is 144 Å². The summed E-state index contributed by atoms with van der Waals surface area (Å²) in [5.41, 5.74) is -0.738. The van der Waals surface area contributed by atoms with E-state index in [0.29, 0.717) is 0 Å². The molecular formula is C16H19ClFNO5. The van der Waals surface area contributed by atoms with Gasteiger partial charge in [0.1, 0.15) is 29.3 Å². The molecule has 1 aromatic carbocycles. The highest BCUT2D eigenvalue weighted by Gasteiger charge is 2.42. The van der Waals surface area contributed by atoms with Gasteiger partial charge in [-0.3, -0.25) is 4.90 Å². The van der Waals surface area contributed by atoms with Gasteiger partial charge in [0.2, 0.25) is 0 Å². The molecule has 2 unspecified atom stereocenters. The van der Waals surface area contributed by atoms with Crippen LogP contribution in [0.5, 0.6) is 5.75 Å². The maximum atomic E-state index is 13.5. The van der Waals surface area contributed by atoms with Crippen molar-refractivity contribution in [1.82, 2.24) is 4.90 Å². The molecule has 8 heteroatoms. The molecule has 132 valence electrons. The highest BCUT2D eigenvalue weighted by atomic mass is 35.5. The summed E-state index contributed by atoms with van der Waals surface area (Å²) in [6, 6.07) is 2.90. The molecule has 0 aromatic heterocycles. The Kier molecular flexibility index (Phi) is 5.22. The van der Waals surface area contributed by atoms with Crippen molar-refractivity contribution in [2.24, 2.45) is 0 Å². The number of halogens is 2. The summed E-state index contributed by atoms with van der Waals surface area (Å²) in [7, 11) is 0. The van der Waals surface area contributed by atoms with Crippen LogP contribution in [0, 0.1) is 5.82 Å². The largest absolute Gasteiger partial charge is 0.488 e. The Morgan fingerprint density at radius 1 is 1.38 bits per heavy atom. The number of carbonyl (C=O) groups excluding carboxylic acids is 1. The molecule has 0 radical (unpaired) electrons. The molecule has 0 spiro atoms. The molecule has 1 amide bonds. The van der Waals surface area contributed by atoms with Gasteiger partial charge < -0.3 is 14.6 Å². The lowest BCUT2D eigenvalue weighted by molar-refractivity contribution is -0.142. The third-order valence-electron chi connectivity index (χ3n) is 3.37. The predicted octanol–water partition coefficient (Wildman–Crippen LogP) is 3.32. The van der Waals surface area contributed by atoms with Crippen LogP contribution in [0.3, 0.4) is 0 Å². The first kappa shape index (κ1) is 18.3. The van der Waals surface area contributed by atoms with Crippen molar-refractivity contribution in [2.75, 3.05) is 6.54 Å². The third kappa shape index (κ3) is 4.50. The number of carbonyl (C=O) groups is 2. The fourth-order valence-electron chi connectivity index (χ4n) is 2.38. The Bertz CT molecular complexity index is 646. The summed E-state index contributed by atoms with van der Waals surface area (Å²) in [6.45, 7) is 5.12. The van der Waals surface area contributed by atoms with Crippen LogP contribution in [0.4, 0.5) is 9.18 Å². The van der Waals surface area contributed by atoms with Crippen molar-refractivity contribution in [3.63, 3.8) is 0 Å². The number of carboxylic acids is 1. The van der Waals surface area contributed by atoms with Crippen LogP contribution < -0.4 is 4.74 Å². The van der Waals surface area contributed by atoms with Gasteiger partial charge in [-0.1, -0.05) is 11.6 Å². The van der Waals surface area contributed by atoms with Crippen molar-refractivity contribution in [2.45, 2.75) is 44.9 Å². The standard InChI is InChI=1S/C16H19ClFNO5/c1-16(2,3)24-15(22)19-8-10(7-13(19)14(20)21)23-9-4-5-11(17)12(18)6-9/h4-6,10,13H,7-8H2,1-3H3,(H,20,21). The second kappa shape index (κ2) is 6.84. The van der Waals surface area contributed by atoms with Crippen LogP contribution >= 0.6 is 11.6 Å². The van der Waals surface area contributed by atoms with E-state index in [1.165, 1.54) is 12.1 Å². The van der Waals surface area contributed by atoms with E-state index in [1.54, 1.807) is 20.8 Å². The molecule has 2 rings (SSSR count). The zero-order chi connectivity index (χ0) is 18.1. The Hall–Kier alpha value is -2.02. The van der Waals surface area contributed by atoms with Gasteiger partial charge in [0.25, 0.3) is 0 Å². The number of ether oxygens (including phenoxy) is 2. The quantitative estimate of drug-likeness (QED) is 0.895. The third-order valence-corrected chi connectivity index (χ3v) is 3.68. The molecule has 1 aliphatic heterocycles. The summed E-state index contributed by atoms with van der Waals surface area (Å²) in [5.74, 6) is -1.56. The number of nitrogens with zero attached hydrogens (tertiary/aromatic N) is 1. The fraction of sp³-hybridized carbons (Fsp3) is 0.500. The van der Waals surface area contributed by atoms with Gasteiger partial charge in [-0.25, -0.2) is 14.0 Å². The number of amides is 1. The minimum atomic E-state index is -1.14. The van der Waals surface area contributed by atoms with Crippen LogP contribution in [0.2, 0.25) is 5.02 Å². The zero-order valence-electron chi connectivity index (χ0n) is 13.6. The topological polar surface area (TPSA) is 76.1 Å². The molecule has 1 N–H and O–H groups in total. The van der Waals surface area contributed by atoms with E-state index >= 15 is 0 Å². The summed E-state index contributed by atoms with van der Waals surface area (Å²) >= 11 is 5.61. The van der Waals surface area contributed by atoms with Crippen LogP contribution in [0.25, 0.3) is 0 Å². The van der Waals surface area contributed by atoms with E-state index in [4.69, 9.17) is 21.1 Å². The first-order valence-corrected chi connectivity index (χ1v) is 7.79. The lowest BCUT2D eigenvalue weighted by Crippen LogP contribution is -2.43. The van der Waals surface area contributed by atoms with E-state index in [-0.39, 0.29) is 23.7 Å². The van der Waals surface area contributed by atoms with Crippen LogP contribution in [-0.4, -0.2) is 46.4 Å². The molecule has 2 atom stereocenters. The van der Waals surface area contributed by atoms with Gasteiger partial charge in [0.15, 0.2) is 0 Å². The van der Waals surface area contributed by atoms with Gasteiger partial charge >= 0.3 is 12.1 Å². The van der Waals surface area contributed by atoms with E-state index in [9.17, 15) is 19.1 Å². The minimum absolute atomic E-state index is 0.0347. The normalized spacial score (nSPS) is 20.8. The van der Waals surface area contributed by atoms with Gasteiger partial charge in [-0.15, -0.1) is 0 Å². The molecule has 24 heavy (non-hydrogen) atoms. The summed E-state index contributed by atoms with van der Waals surface area (Å²) in [5, 5.41) is 9.28. The van der Waals surface area contributed by atoms with Crippen molar-refractivity contribution in [3.8, 4) is 5.75 Å². The van der Waals surface area contributed by atoms with E-state index < -0.39 is 35.6 Å². The predicted molar refractivity (Wildman–Crippen MR) is 84.8 cm³/mol. The molecule has 0 saturated carbocycles. The zero-order valence-corrected chi connectivity index (χ0v) is 14.3. The lowest BCUT2D eigenvalue weighted by atomic mass is 10.2. The highest BCUT2D eigenvalue weighted by molar-refractivity contribution is 6.30. The van der Waals surface area contributed by atoms with Crippen molar-refractivity contribution in [1.29, 1.82) is 0 Å². The van der Waals surface area contributed by atoms with Crippen LogP contribution in [0.1, 0.15) is 27.2 Å². The summed E-state index contributed by atoms with van der Waals surface area (Å²) in [4.78, 5) is 24.7. The number of aliphatic carboxylic acids is 1. The van der Waals surface area contributed by atoms with Crippen molar-refractivity contribution >= 4 is 23.7 Å². The number of hydrogen-bond donors (Lipinski definition) is 1. The Balaban J connectivity index is 2.10. The number of hydrogen-bond acceptors (Lipinski definition) is 4. The average molecular weight is 360 g/mol. The maximum Gasteiger partial charge on any atom is 0.411 e. The van der Waals surface area contributed by atoms with Crippen molar-refractivity contribution in [3.05, 3.63) is 29.0 Å². The van der Waals surface area contributed by atoms with Gasteiger partial charge in [-0.05, 0) is 32.9 Å². The molecule has 1 saturated heterocycles. The number of carboxylic acid groups (broad SMARTS) is 1. The van der Waals surface area contributed by atoms with E-state index in [1.807, 2.05) is 0 Å². The summed E-state index contributed by atoms with van der Waals surface area (Å²) < 4.78 is 24.3. The van der Waals surface area contributed by atoms with Gasteiger partial charge in [0, 0.05) is 12.5 Å². The molecule has 1 fully saturated rings. The summed E-state index contributed by atoms with van der Waals surface area (Å²) in [6.07, 6.45) is -1.22. The van der Waals surface area contributed by atoms with Gasteiger partial charge in [0.05, 0.1) is 11.6 Å². The fourth-order valence-corrected chi connectivity index (χ4v) is 2.50. The van der Waals surface area contributed by atoms with Gasteiger partial charge in [-0.2, -0.15) is 0 Å². The Morgan fingerprint density at radius 3 is 2.58 bits per heavy atom. The smallest absolute Gasteiger partial charge is 0.411 e. The highest BCUT2D eigenvalue weighted by Crippen LogP contribution is 2.27. The SMILES string of the molecule is CC(C)(C)OC(=O)N1CC(Oc2ccc(Cl)c(F)c2)CC1C(=O)O. The molecule has 6 nitrogen and oxygen atoms in total. The maximum absolute atomic E-state index is 13.5. The van der Waals surface area contributed by atoms with E-state index in [0.717, 1.165) is 11.0 Å². The molecule has 0 bridgehead atoms. The second-order valence-electron chi connectivity index (χ2n) is 6.54. The number of rotatable bonds is 3. The first-order chi connectivity index (χ1) is 11.1.